The highest BCUT2D eigenvalue weighted by atomic mass is 32.2. The topological polar surface area (TPSA) is 114 Å². The fourth-order valence-electron chi connectivity index (χ4n) is 2.64. The van der Waals surface area contributed by atoms with Gasteiger partial charge in [-0.1, -0.05) is 12.8 Å². The van der Waals surface area contributed by atoms with Crippen molar-refractivity contribution in [2.75, 3.05) is 0 Å². The maximum atomic E-state index is 12.4. The Kier molecular flexibility index (Phi) is 3.88. The summed E-state index contributed by atoms with van der Waals surface area (Å²) in [5.41, 5.74) is 4.67. The minimum Gasteiger partial charge on any atom is -0.386 e. The van der Waals surface area contributed by atoms with Crippen LogP contribution in [-0.2, 0) is 16.6 Å². The van der Waals surface area contributed by atoms with Crippen LogP contribution in [0.1, 0.15) is 38.4 Å². The molecular formula is C12H21N5O2S. The van der Waals surface area contributed by atoms with Crippen LogP contribution >= 0.6 is 0 Å². The van der Waals surface area contributed by atoms with Crippen LogP contribution in [0.3, 0.4) is 0 Å². The lowest BCUT2D eigenvalue weighted by atomic mass is 9.98. The first-order valence-corrected chi connectivity index (χ1v) is 8.21. The number of aryl methyl sites for hydroxylation is 2. The van der Waals surface area contributed by atoms with Gasteiger partial charge < -0.3 is 10.3 Å². The summed E-state index contributed by atoms with van der Waals surface area (Å²) in [7, 11) is -3.76. The molecule has 0 amide bonds. The number of hydrogen-bond donors (Lipinski definition) is 3. The van der Waals surface area contributed by atoms with Gasteiger partial charge >= 0.3 is 0 Å². The van der Waals surface area contributed by atoms with E-state index in [0.29, 0.717) is 25.2 Å². The van der Waals surface area contributed by atoms with Crippen LogP contribution < -0.4 is 10.5 Å². The Morgan fingerprint density at radius 1 is 1.55 bits per heavy atom. The summed E-state index contributed by atoms with van der Waals surface area (Å²) in [6.07, 6.45) is 4.37. The third kappa shape index (κ3) is 2.57. The van der Waals surface area contributed by atoms with Gasteiger partial charge in [-0.2, -0.15) is 4.72 Å². The van der Waals surface area contributed by atoms with Gasteiger partial charge in [-0.3, -0.25) is 5.41 Å². The summed E-state index contributed by atoms with van der Waals surface area (Å²) in [5, 5.41) is 7.68. The van der Waals surface area contributed by atoms with Crippen molar-refractivity contribution in [1.29, 1.82) is 5.41 Å². The molecule has 1 fully saturated rings. The zero-order chi connectivity index (χ0) is 15.0. The van der Waals surface area contributed by atoms with E-state index in [2.05, 4.69) is 9.71 Å². The molecule has 0 atom stereocenters. The van der Waals surface area contributed by atoms with Gasteiger partial charge in [-0.15, -0.1) is 0 Å². The number of nitrogens with zero attached hydrogens (tertiary/aromatic N) is 2. The highest BCUT2D eigenvalue weighted by Gasteiger charge is 2.41. The fraction of sp³-hybridized carbons (Fsp3) is 0.667. The highest BCUT2D eigenvalue weighted by Crippen LogP contribution is 2.31. The molecule has 1 saturated carbocycles. The van der Waals surface area contributed by atoms with E-state index in [1.807, 2.05) is 6.92 Å². The summed E-state index contributed by atoms with van der Waals surface area (Å²) in [4.78, 5) is 4.09. The van der Waals surface area contributed by atoms with Crippen molar-refractivity contribution >= 4 is 15.9 Å². The Bertz CT molecular complexity index is 614. The molecule has 0 aromatic carbocycles. The van der Waals surface area contributed by atoms with Crippen LogP contribution in [0.4, 0.5) is 0 Å². The number of nitrogens with two attached hydrogens (primary N) is 1. The molecule has 1 heterocycles. The lowest BCUT2D eigenvalue weighted by molar-refractivity contribution is 0.494. The second kappa shape index (κ2) is 5.17. The molecule has 1 aromatic heterocycles. The zero-order valence-electron chi connectivity index (χ0n) is 11.8. The zero-order valence-corrected chi connectivity index (χ0v) is 12.6. The third-order valence-electron chi connectivity index (χ3n) is 3.87. The van der Waals surface area contributed by atoms with E-state index in [4.69, 9.17) is 11.1 Å². The number of amidine groups is 1. The molecule has 0 spiro atoms. The monoisotopic (exact) mass is 299 g/mol. The third-order valence-corrected chi connectivity index (χ3v) is 5.28. The standard InChI is InChI=1S/C12H21N5O2S/c1-3-17-8-10(15-9(17)2)20(18,19)16-12(11(13)14)6-4-5-7-12/h8,16H,3-7H2,1-2H3,(H3,13,14). The fourth-order valence-corrected chi connectivity index (χ4v) is 4.09. The van der Waals surface area contributed by atoms with Crippen molar-refractivity contribution in [2.45, 2.75) is 56.6 Å². The smallest absolute Gasteiger partial charge is 0.260 e. The lowest BCUT2D eigenvalue weighted by Gasteiger charge is -2.27. The normalized spacial score (nSPS) is 18.3. The van der Waals surface area contributed by atoms with Crippen LogP contribution in [-0.4, -0.2) is 29.3 Å². The maximum absolute atomic E-state index is 12.4. The Morgan fingerprint density at radius 2 is 2.15 bits per heavy atom. The molecule has 0 saturated heterocycles. The number of nitrogens with one attached hydrogen (secondary N) is 2. The molecule has 7 nitrogen and oxygen atoms in total. The molecule has 0 bridgehead atoms. The Balaban J connectivity index is 2.32. The van der Waals surface area contributed by atoms with Crippen molar-refractivity contribution < 1.29 is 8.42 Å². The average Bonchev–Trinajstić information content (AvgIpc) is 2.96. The van der Waals surface area contributed by atoms with Gasteiger partial charge in [0.15, 0.2) is 5.03 Å². The van der Waals surface area contributed by atoms with E-state index in [9.17, 15) is 8.42 Å². The van der Waals surface area contributed by atoms with E-state index in [-0.39, 0.29) is 10.9 Å². The van der Waals surface area contributed by atoms with E-state index < -0.39 is 15.6 Å². The van der Waals surface area contributed by atoms with Gasteiger partial charge in [0.2, 0.25) is 0 Å². The van der Waals surface area contributed by atoms with Crippen molar-refractivity contribution in [1.82, 2.24) is 14.3 Å². The molecule has 8 heteroatoms. The van der Waals surface area contributed by atoms with Gasteiger partial charge in [0.05, 0.1) is 5.54 Å². The van der Waals surface area contributed by atoms with Gasteiger partial charge in [0.1, 0.15) is 11.7 Å². The molecule has 0 aliphatic heterocycles. The number of hydrogen-bond acceptors (Lipinski definition) is 4. The molecule has 1 aromatic rings. The van der Waals surface area contributed by atoms with Crippen molar-refractivity contribution in [2.24, 2.45) is 5.73 Å². The van der Waals surface area contributed by atoms with E-state index >= 15 is 0 Å². The van der Waals surface area contributed by atoms with E-state index in [1.165, 1.54) is 6.20 Å². The van der Waals surface area contributed by atoms with Crippen LogP contribution in [0.15, 0.2) is 11.2 Å². The summed E-state index contributed by atoms with van der Waals surface area (Å²) >= 11 is 0. The van der Waals surface area contributed by atoms with Crippen LogP contribution in [0.2, 0.25) is 0 Å². The maximum Gasteiger partial charge on any atom is 0.260 e. The quantitative estimate of drug-likeness (QED) is 0.549. The van der Waals surface area contributed by atoms with Gasteiger partial charge in [-0.05, 0) is 26.7 Å². The van der Waals surface area contributed by atoms with Crippen LogP contribution in [0.25, 0.3) is 0 Å². The average molecular weight is 299 g/mol. The van der Waals surface area contributed by atoms with E-state index in [0.717, 1.165) is 12.8 Å². The molecule has 1 aliphatic rings. The Hall–Kier alpha value is -1.41. The first kappa shape index (κ1) is 15.0. The molecule has 20 heavy (non-hydrogen) atoms. The predicted molar refractivity (Wildman–Crippen MR) is 76.1 cm³/mol. The molecule has 0 radical (unpaired) electrons. The van der Waals surface area contributed by atoms with Crippen LogP contribution in [0, 0.1) is 12.3 Å². The molecular weight excluding hydrogens is 278 g/mol. The second-order valence-corrected chi connectivity index (χ2v) is 6.85. The molecule has 2 rings (SSSR count). The molecule has 4 N–H and O–H groups in total. The van der Waals surface area contributed by atoms with Gasteiger partial charge in [-0.25, -0.2) is 13.4 Å². The van der Waals surface area contributed by atoms with Crippen LogP contribution in [0.5, 0.6) is 0 Å². The number of aromatic nitrogens is 2. The summed E-state index contributed by atoms with van der Waals surface area (Å²) in [6, 6.07) is 0. The summed E-state index contributed by atoms with van der Waals surface area (Å²) < 4.78 is 29.2. The molecule has 1 aliphatic carbocycles. The molecule has 0 unspecified atom stereocenters. The Morgan fingerprint density at radius 3 is 2.60 bits per heavy atom. The SMILES string of the molecule is CCn1cc(S(=O)(=O)NC2(C(=N)N)CCCC2)nc1C. The minimum atomic E-state index is -3.76. The summed E-state index contributed by atoms with van der Waals surface area (Å²) in [6.45, 7) is 4.34. The van der Waals surface area contributed by atoms with Crippen molar-refractivity contribution in [3.63, 3.8) is 0 Å². The second-order valence-electron chi connectivity index (χ2n) is 5.22. The lowest BCUT2D eigenvalue weighted by Crippen LogP contribution is -2.55. The van der Waals surface area contributed by atoms with Crippen molar-refractivity contribution in [3.8, 4) is 0 Å². The number of imidazole rings is 1. The Labute approximate surface area is 119 Å². The van der Waals surface area contributed by atoms with Crippen molar-refractivity contribution in [3.05, 3.63) is 12.0 Å². The van der Waals surface area contributed by atoms with E-state index in [1.54, 1.807) is 11.5 Å². The summed E-state index contributed by atoms with van der Waals surface area (Å²) in [5.74, 6) is 0.529. The van der Waals surface area contributed by atoms with Gasteiger partial charge in [0.25, 0.3) is 10.0 Å². The number of sulfonamides is 1. The largest absolute Gasteiger partial charge is 0.386 e. The molecule has 112 valence electrons. The predicted octanol–water partition coefficient (Wildman–Crippen LogP) is 0.738. The number of rotatable bonds is 5. The highest BCUT2D eigenvalue weighted by molar-refractivity contribution is 7.89. The minimum absolute atomic E-state index is 0.00984. The first-order valence-electron chi connectivity index (χ1n) is 6.73. The van der Waals surface area contributed by atoms with Gasteiger partial charge in [0, 0.05) is 12.7 Å². The first-order chi connectivity index (χ1) is 9.31.